The smallest absolute Gasteiger partial charge is 0.688 e. The zero-order valence-corrected chi connectivity index (χ0v) is 35.1. The first-order chi connectivity index (χ1) is 18.6. The first kappa shape index (κ1) is 42.5. The maximum atomic E-state index is 11.6. The molecule has 12 heteroatoms. The van der Waals surface area contributed by atoms with Crippen molar-refractivity contribution < 1.29 is 148 Å². The molecule has 0 fully saturated rings. The minimum atomic E-state index is -4.73. The van der Waals surface area contributed by atoms with Crippen molar-refractivity contribution in [1.82, 2.24) is 0 Å². The van der Waals surface area contributed by atoms with Gasteiger partial charge in [0.15, 0.2) is 0 Å². The molecule has 4 aromatic rings. The summed E-state index contributed by atoms with van der Waals surface area (Å²) in [5.41, 5.74) is 7.13. The van der Waals surface area contributed by atoms with Gasteiger partial charge < -0.3 is 29.4 Å². The topological polar surface area (TPSA) is 138 Å². The summed E-state index contributed by atoms with van der Waals surface area (Å²) in [6.07, 6.45) is -0.0586. The Morgan fingerprint density at radius 2 is 0.791 bits per heavy atom. The molecule has 0 aliphatic heterocycles. The van der Waals surface area contributed by atoms with Crippen LogP contribution >= 0.6 is 15.9 Å². The van der Waals surface area contributed by atoms with Crippen LogP contribution in [0.4, 0.5) is 0 Å². The molecule has 0 bridgehead atoms. The zero-order valence-electron chi connectivity index (χ0n) is 25.3. The van der Waals surface area contributed by atoms with Gasteiger partial charge >= 0.3 is 118 Å². The fourth-order valence-corrected chi connectivity index (χ4v) is 7.02. The molecular weight excluding hydrogens is 622 g/mol. The van der Waals surface area contributed by atoms with Crippen molar-refractivity contribution in [3.8, 4) is 33.4 Å². The van der Waals surface area contributed by atoms with Crippen LogP contribution in [0.2, 0.25) is 0 Å². The number of hydrogen-bond acceptors (Lipinski definition) is 6. The third kappa shape index (κ3) is 10.7. The Morgan fingerprint density at radius 1 is 0.442 bits per heavy atom. The Hall–Kier alpha value is 1.50. The maximum absolute atomic E-state index is 11.6. The van der Waals surface area contributed by atoms with Crippen molar-refractivity contribution in [2.45, 2.75) is 31.1 Å². The largest absolute Gasteiger partial charge is 1.00 e. The maximum Gasteiger partial charge on any atom is 1.00 e. The Morgan fingerprint density at radius 3 is 1.12 bits per heavy atom. The molecule has 0 radical (unpaired) electrons. The van der Waals surface area contributed by atoms with Gasteiger partial charge in [0.25, 0.3) is 0 Å². The predicted octanol–water partition coefficient (Wildman–Crippen LogP) is -9.45. The van der Waals surface area contributed by atoms with Crippen LogP contribution in [0.5, 0.6) is 0 Å². The van der Waals surface area contributed by atoms with Crippen molar-refractivity contribution in [1.29, 1.82) is 0 Å². The van der Waals surface area contributed by atoms with Gasteiger partial charge in [0.2, 0.25) is 0 Å². The molecule has 0 N–H and O–H groups in total. The molecular formula is C31H28Na4O6P2. The molecule has 0 spiro atoms. The van der Waals surface area contributed by atoms with Gasteiger partial charge in [-0.3, -0.25) is 0 Å². The molecule has 0 saturated carbocycles. The normalized spacial score (nSPS) is 12.9. The fraction of sp³-hybridized carbons (Fsp3) is 0.226. The zero-order chi connectivity index (χ0) is 27.7. The van der Waals surface area contributed by atoms with Gasteiger partial charge in [-0.2, -0.15) is 15.9 Å². The van der Waals surface area contributed by atoms with E-state index in [1.807, 2.05) is 72.8 Å². The van der Waals surface area contributed by atoms with Crippen molar-refractivity contribution in [3.05, 3.63) is 108 Å². The summed E-state index contributed by atoms with van der Waals surface area (Å²) in [5.74, 6) is 0. The van der Waals surface area contributed by atoms with Crippen molar-refractivity contribution in [3.63, 3.8) is 0 Å². The van der Waals surface area contributed by atoms with Crippen LogP contribution in [0.15, 0.2) is 97.1 Å². The van der Waals surface area contributed by atoms with Crippen molar-refractivity contribution in [2.75, 3.05) is 12.3 Å². The molecule has 0 saturated heterocycles. The number of hydrogen-bond donors (Lipinski definition) is 0. The van der Waals surface area contributed by atoms with Gasteiger partial charge in [-0.25, -0.2) is 0 Å². The van der Waals surface area contributed by atoms with Crippen molar-refractivity contribution in [2.24, 2.45) is 0 Å². The van der Waals surface area contributed by atoms with Gasteiger partial charge in [0.1, 0.15) is 0 Å². The number of benzene rings is 4. The molecule has 0 atom stereocenters. The minimum Gasteiger partial charge on any atom is -0.688 e. The second-order valence-electron chi connectivity index (χ2n) is 10.2. The molecule has 1 aliphatic carbocycles. The number of fused-ring (bicyclic) bond motifs is 3. The summed E-state index contributed by atoms with van der Waals surface area (Å²) >= 11 is 0. The summed E-state index contributed by atoms with van der Waals surface area (Å²) in [6, 6.07) is 32.1. The SMILES string of the molecule is [Na+].[Na+].[Na+].[Na+].[O-][P+]([O-])([O-])CCCC1(CCC[P+]([O-])([O-])[O-])c2cc(-c3ccccc3)ccc2-c2ccc(-c3ccccc3)cc21. The minimum absolute atomic E-state index is 0. The Bertz CT molecular complexity index is 1340. The molecule has 0 unspecified atom stereocenters. The summed E-state index contributed by atoms with van der Waals surface area (Å²) in [7, 11) is -9.47. The molecule has 0 amide bonds. The van der Waals surface area contributed by atoms with E-state index in [1.54, 1.807) is 0 Å². The molecule has 43 heavy (non-hydrogen) atoms. The summed E-state index contributed by atoms with van der Waals surface area (Å²) in [6.45, 7) is 0. The molecule has 5 rings (SSSR count). The van der Waals surface area contributed by atoms with E-state index in [1.165, 1.54) is 0 Å². The molecule has 202 valence electrons. The van der Waals surface area contributed by atoms with E-state index in [2.05, 4.69) is 24.3 Å². The van der Waals surface area contributed by atoms with Crippen molar-refractivity contribution >= 4 is 15.9 Å². The van der Waals surface area contributed by atoms with Crippen LogP contribution in [0.25, 0.3) is 33.4 Å². The van der Waals surface area contributed by atoms with Crippen LogP contribution < -0.4 is 148 Å². The van der Waals surface area contributed by atoms with E-state index in [9.17, 15) is 29.4 Å². The first-order valence-corrected chi connectivity index (χ1v) is 16.4. The quantitative estimate of drug-likeness (QED) is 0.124. The van der Waals surface area contributed by atoms with E-state index in [0.29, 0.717) is 12.8 Å². The van der Waals surface area contributed by atoms with Crippen LogP contribution in [-0.2, 0) is 5.41 Å². The third-order valence-corrected chi connectivity index (χ3v) is 9.37. The summed E-state index contributed by atoms with van der Waals surface area (Å²) in [5, 5.41) is 0. The molecule has 4 aromatic carbocycles. The van der Waals surface area contributed by atoms with E-state index in [-0.39, 0.29) is 131 Å². The van der Waals surface area contributed by atoms with Crippen LogP contribution in [-0.4, -0.2) is 12.3 Å². The van der Waals surface area contributed by atoms with Crippen LogP contribution in [0.3, 0.4) is 0 Å². The van der Waals surface area contributed by atoms with Crippen LogP contribution in [0, 0.1) is 0 Å². The second kappa shape index (κ2) is 18.3. The fourth-order valence-electron chi connectivity index (χ4n) is 5.93. The molecule has 0 heterocycles. The molecule has 0 aromatic heterocycles. The second-order valence-corrected chi connectivity index (χ2v) is 13.5. The average Bonchev–Trinajstić information content (AvgIpc) is 3.17. The monoisotopic (exact) mass is 650 g/mol. The standard InChI is InChI=1S/C31H32O6P2.4Na/c32-38(33,34)19-7-17-31(18-8-20-39(35,36)37)29-21-25(23-9-3-1-4-10-23)13-15-27(29)28-16-14-26(22-30(28)31)24-11-5-2-6-12-24;;;;/h1-6,9-16,21-22H,7-8,17-20H2,(H2,32,33,34)(H2,35,36,37);;;;/q;4*+1/p-4. The van der Waals surface area contributed by atoms with Gasteiger partial charge in [-0.05, 0) is 82.3 Å². The van der Waals surface area contributed by atoms with Crippen LogP contribution in [0.1, 0.15) is 36.8 Å². The Labute approximate surface area is 343 Å². The van der Waals surface area contributed by atoms with E-state index in [4.69, 9.17) is 0 Å². The first-order valence-electron chi connectivity index (χ1n) is 13.0. The van der Waals surface area contributed by atoms with Gasteiger partial charge in [0, 0.05) is 17.7 Å². The summed E-state index contributed by atoms with van der Waals surface area (Å²) < 4.78 is 0. The predicted molar refractivity (Wildman–Crippen MR) is 146 cm³/mol. The Kier molecular flexibility index (Phi) is 18.1. The van der Waals surface area contributed by atoms with Gasteiger partial charge in [-0.15, -0.1) is 0 Å². The Balaban J connectivity index is 0.00000231. The van der Waals surface area contributed by atoms with Gasteiger partial charge in [-0.1, -0.05) is 84.9 Å². The average molecular weight is 650 g/mol. The summed E-state index contributed by atoms with van der Waals surface area (Å²) in [4.78, 5) is 69.5. The van der Waals surface area contributed by atoms with E-state index in [0.717, 1.165) is 44.5 Å². The van der Waals surface area contributed by atoms with E-state index < -0.39 is 33.6 Å². The number of rotatable bonds is 10. The molecule has 1 aliphatic rings. The van der Waals surface area contributed by atoms with E-state index >= 15 is 0 Å². The van der Waals surface area contributed by atoms with Gasteiger partial charge in [0.05, 0.1) is 0 Å². The molecule has 6 nitrogen and oxygen atoms in total. The third-order valence-electron chi connectivity index (χ3n) is 7.65.